The van der Waals surface area contributed by atoms with E-state index in [-0.39, 0.29) is 17.4 Å². The first-order valence-corrected chi connectivity index (χ1v) is 6.92. The normalized spacial score (nSPS) is 15.0. The van der Waals surface area contributed by atoms with Gasteiger partial charge in [0.15, 0.2) is 0 Å². The molecule has 5 heteroatoms. The highest BCUT2D eigenvalue weighted by molar-refractivity contribution is 5.98. The average Bonchev–Trinajstić information content (AvgIpc) is 2.86. The maximum absolute atomic E-state index is 12.4. The Balaban J connectivity index is 2.19. The molecular weight excluding hydrogens is 256 g/mol. The third kappa shape index (κ3) is 2.82. The number of hydrogen-bond acceptors (Lipinski definition) is 3. The van der Waals surface area contributed by atoms with Gasteiger partial charge in [-0.05, 0) is 43.5 Å². The lowest BCUT2D eigenvalue weighted by molar-refractivity contribution is -0.122. The second kappa shape index (κ2) is 6.05. The van der Waals surface area contributed by atoms with Crippen molar-refractivity contribution in [3.63, 3.8) is 0 Å². The highest BCUT2D eigenvalue weighted by Gasteiger charge is 2.28. The number of nitrogens with two attached hydrogens (primary N) is 1. The summed E-state index contributed by atoms with van der Waals surface area (Å²) >= 11 is 0. The largest absolute Gasteiger partial charge is 0.478 e. The molecule has 0 fully saturated rings. The molecule has 5 nitrogen and oxygen atoms in total. The SMILES string of the molecule is CC(CCCN)C(=O)N1CCc2ccc(C(=O)O)cc21. The van der Waals surface area contributed by atoms with E-state index >= 15 is 0 Å². The second-order valence-electron chi connectivity index (χ2n) is 5.22. The van der Waals surface area contributed by atoms with Gasteiger partial charge in [-0.25, -0.2) is 4.79 Å². The molecule has 1 heterocycles. The summed E-state index contributed by atoms with van der Waals surface area (Å²) in [5, 5.41) is 9.05. The average molecular weight is 276 g/mol. The molecule has 2 rings (SSSR count). The molecule has 1 aromatic carbocycles. The Morgan fingerprint density at radius 2 is 2.20 bits per heavy atom. The van der Waals surface area contributed by atoms with Crippen LogP contribution in [0.1, 0.15) is 35.7 Å². The molecule has 1 atom stereocenters. The standard InChI is InChI=1S/C15H20N2O3/c1-10(3-2-7-16)14(18)17-8-6-11-4-5-12(15(19)20)9-13(11)17/h4-5,9-10H,2-3,6-8,16H2,1H3,(H,19,20). The molecule has 3 N–H and O–H groups in total. The van der Waals surface area contributed by atoms with Gasteiger partial charge in [0, 0.05) is 18.2 Å². The summed E-state index contributed by atoms with van der Waals surface area (Å²) in [4.78, 5) is 25.2. The predicted octanol–water partition coefficient (Wildman–Crippen LogP) is 1.65. The van der Waals surface area contributed by atoms with Crippen molar-refractivity contribution in [3.8, 4) is 0 Å². The molecule has 1 unspecified atom stereocenters. The van der Waals surface area contributed by atoms with E-state index < -0.39 is 5.97 Å². The summed E-state index contributed by atoms with van der Waals surface area (Å²) < 4.78 is 0. The van der Waals surface area contributed by atoms with Gasteiger partial charge in [0.25, 0.3) is 0 Å². The fraction of sp³-hybridized carbons (Fsp3) is 0.467. The molecular formula is C15H20N2O3. The fourth-order valence-electron chi connectivity index (χ4n) is 2.55. The van der Waals surface area contributed by atoms with Crippen LogP contribution in [0.4, 0.5) is 5.69 Å². The van der Waals surface area contributed by atoms with Crippen molar-refractivity contribution in [2.24, 2.45) is 11.7 Å². The topological polar surface area (TPSA) is 83.6 Å². The molecule has 108 valence electrons. The number of carboxylic acids is 1. The van der Waals surface area contributed by atoms with Crippen LogP contribution < -0.4 is 10.6 Å². The minimum atomic E-state index is -0.969. The number of nitrogens with zero attached hydrogens (tertiary/aromatic N) is 1. The number of carboxylic acid groups (broad SMARTS) is 1. The van der Waals surface area contributed by atoms with Crippen LogP contribution in [0.3, 0.4) is 0 Å². The van der Waals surface area contributed by atoms with Crippen LogP contribution in [0.5, 0.6) is 0 Å². The van der Waals surface area contributed by atoms with Gasteiger partial charge in [0.2, 0.25) is 5.91 Å². The molecule has 0 saturated heterocycles. The maximum Gasteiger partial charge on any atom is 0.335 e. The van der Waals surface area contributed by atoms with Gasteiger partial charge in [-0.1, -0.05) is 13.0 Å². The van der Waals surface area contributed by atoms with E-state index in [9.17, 15) is 9.59 Å². The Morgan fingerprint density at radius 3 is 2.85 bits per heavy atom. The highest BCUT2D eigenvalue weighted by Crippen LogP contribution is 2.30. The maximum atomic E-state index is 12.4. The summed E-state index contributed by atoms with van der Waals surface area (Å²) in [5.74, 6) is -0.999. The lowest BCUT2D eigenvalue weighted by Gasteiger charge is -2.21. The van der Waals surface area contributed by atoms with Crippen molar-refractivity contribution in [2.75, 3.05) is 18.0 Å². The molecule has 1 amide bonds. The van der Waals surface area contributed by atoms with Crippen LogP contribution in [0.25, 0.3) is 0 Å². The van der Waals surface area contributed by atoms with Gasteiger partial charge in [-0.15, -0.1) is 0 Å². The smallest absolute Gasteiger partial charge is 0.335 e. The van der Waals surface area contributed by atoms with Crippen LogP contribution in [0.15, 0.2) is 18.2 Å². The van der Waals surface area contributed by atoms with Crippen molar-refractivity contribution in [2.45, 2.75) is 26.2 Å². The molecule has 1 aliphatic heterocycles. The summed E-state index contributed by atoms with van der Waals surface area (Å²) in [6.07, 6.45) is 2.37. The number of hydrogen-bond donors (Lipinski definition) is 2. The molecule has 1 aliphatic rings. The number of carbonyl (C=O) groups excluding carboxylic acids is 1. The molecule has 0 aromatic heterocycles. The minimum Gasteiger partial charge on any atom is -0.478 e. The summed E-state index contributed by atoms with van der Waals surface area (Å²) in [7, 11) is 0. The first kappa shape index (κ1) is 14.5. The lowest BCUT2D eigenvalue weighted by Crippen LogP contribution is -2.34. The van der Waals surface area contributed by atoms with Crippen LogP contribution in [0.2, 0.25) is 0 Å². The van der Waals surface area contributed by atoms with Crippen molar-refractivity contribution in [3.05, 3.63) is 29.3 Å². The molecule has 0 aliphatic carbocycles. The Morgan fingerprint density at radius 1 is 1.45 bits per heavy atom. The van der Waals surface area contributed by atoms with Gasteiger partial charge < -0.3 is 15.7 Å². The summed E-state index contributed by atoms with van der Waals surface area (Å²) in [5.41, 5.74) is 7.47. The molecule has 0 radical (unpaired) electrons. The first-order valence-electron chi connectivity index (χ1n) is 6.92. The van der Waals surface area contributed by atoms with E-state index in [0.29, 0.717) is 13.1 Å². The third-order valence-corrected chi connectivity index (χ3v) is 3.76. The zero-order valence-electron chi connectivity index (χ0n) is 11.6. The fourth-order valence-corrected chi connectivity index (χ4v) is 2.55. The number of fused-ring (bicyclic) bond motifs is 1. The van der Waals surface area contributed by atoms with E-state index in [0.717, 1.165) is 30.5 Å². The van der Waals surface area contributed by atoms with Crippen LogP contribution >= 0.6 is 0 Å². The van der Waals surface area contributed by atoms with Crippen molar-refractivity contribution >= 4 is 17.6 Å². The van der Waals surface area contributed by atoms with Crippen LogP contribution in [-0.2, 0) is 11.2 Å². The molecule has 0 saturated carbocycles. The van der Waals surface area contributed by atoms with Crippen LogP contribution in [0, 0.1) is 5.92 Å². The van der Waals surface area contributed by atoms with E-state index in [1.54, 1.807) is 23.1 Å². The Labute approximate surface area is 118 Å². The number of amides is 1. The summed E-state index contributed by atoms with van der Waals surface area (Å²) in [6.45, 7) is 3.11. The van der Waals surface area contributed by atoms with Gasteiger partial charge >= 0.3 is 5.97 Å². The van der Waals surface area contributed by atoms with Gasteiger partial charge in [0.1, 0.15) is 0 Å². The van der Waals surface area contributed by atoms with Crippen molar-refractivity contribution < 1.29 is 14.7 Å². The quantitative estimate of drug-likeness (QED) is 0.856. The number of aromatic carboxylic acids is 1. The lowest BCUT2D eigenvalue weighted by atomic mass is 10.0. The Kier molecular flexibility index (Phi) is 4.39. The first-order chi connectivity index (χ1) is 9.54. The summed E-state index contributed by atoms with van der Waals surface area (Å²) in [6, 6.07) is 4.99. The Bertz CT molecular complexity index is 528. The number of anilines is 1. The Hall–Kier alpha value is -1.88. The predicted molar refractivity (Wildman–Crippen MR) is 76.9 cm³/mol. The molecule has 1 aromatic rings. The van der Waals surface area contributed by atoms with E-state index in [2.05, 4.69) is 0 Å². The number of benzene rings is 1. The zero-order chi connectivity index (χ0) is 14.7. The molecule has 0 bridgehead atoms. The minimum absolute atomic E-state index is 0.0553. The highest BCUT2D eigenvalue weighted by atomic mass is 16.4. The number of rotatable bonds is 5. The monoisotopic (exact) mass is 276 g/mol. The van der Waals surface area contributed by atoms with E-state index in [4.69, 9.17) is 10.8 Å². The van der Waals surface area contributed by atoms with Gasteiger partial charge in [0.05, 0.1) is 5.56 Å². The third-order valence-electron chi connectivity index (χ3n) is 3.76. The van der Waals surface area contributed by atoms with Crippen molar-refractivity contribution in [1.29, 1.82) is 0 Å². The van der Waals surface area contributed by atoms with Crippen LogP contribution in [-0.4, -0.2) is 30.1 Å². The van der Waals surface area contributed by atoms with Crippen molar-refractivity contribution in [1.82, 2.24) is 0 Å². The number of carbonyl (C=O) groups is 2. The second-order valence-corrected chi connectivity index (χ2v) is 5.22. The zero-order valence-corrected chi connectivity index (χ0v) is 11.6. The molecule has 20 heavy (non-hydrogen) atoms. The molecule has 0 spiro atoms. The van der Waals surface area contributed by atoms with E-state index in [1.165, 1.54) is 0 Å². The van der Waals surface area contributed by atoms with Gasteiger partial charge in [-0.3, -0.25) is 4.79 Å². The van der Waals surface area contributed by atoms with E-state index in [1.807, 2.05) is 6.92 Å². The van der Waals surface area contributed by atoms with Gasteiger partial charge in [-0.2, -0.15) is 0 Å².